The van der Waals surface area contributed by atoms with Crippen molar-refractivity contribution >= 4 is 23.3 Å². The van der Waals surface area contributed by atoms with Crippen LogP contribution in [-0.2, 0) is 37.5 Å². The molecule has 0 bridgehead atoms. The number of fused-ring (bicyclic) bond motifs is 2. The lowest BCUT2D eigenvalue weighted by atomic mass is 9.85. The lowest BCUT2D eigenvalue weighted by Gasteiger charge is -2.44. The third-order valence-corrected chi connectivity index (χ3v) is 7.42. The average molecular weight is 503 g/mol. The van der Waals surface area contributed by atoms with Gasteiger partial charge in [0.25, 0.3) is 0 Å². The summed E-state index contributed by atoms with van der Waals surface area (Å²) in [5, 5.41) is -0.278. The maximum Gasteiger partial charge on any atom is 0.491 e. The molecule has 1 saturated heterocycles. The summed E-state index contributed by atoms with van der Waals surface area (Å²) in [6, 6.07) is 7.13. The maximum absolute atomic E-state index is 14.2. The normalized spacial score (nSPS) is 19.0. The van der Waals surface area contributed by atoms with E-state index in [9.17, 15) is 31.5 Å². The highest BCUT2D eigenvalue weighted by molar-refractivity contribution is 7.10. The van der Waals surface area contributed by atoms with Gasteiger partial charge >= 0.3 is 18.1 Å². The summed E-state index contributed by atoms with van der Waals surface area (Å²) in [5.41, 5.74) is 0.424. The van der Waals surface area contributed by atoms with Crippen LogP contribution in [0.4, 0.5) is 22.0 Å². The molecule has 2 aromatic rings. The molecule has 3 heterocycles. The van der Waals surface area contributed by atoms with Crippen LogP contribution in [-0.4, -0.2) is 49.3 Å². The number of rotatable bonds is 5. The topological polar surface area (TPSA) is 55.8 Å². The number of likely N-dealkylation sites (tertiary alicyclic amines) is 1. The molecule has 11 heteroatoms. The van der Waals surface area contributed by atoms with E-state index >= 15 is 0 Å². The molecule has 0 saturated carbocycles. The highest BCUT2D eigenvalue weighted by Gasteiger charge is 2.45. The zero-order chi connectivity index (χ0) is 24.5. The van der Waals surface area contributed by atoms with Gasteiger partial charge in [-0.2, -0.15) is 17.6 Å². The van der Waals surface area contributed by atoms with E-state index in [-0.39, 0.29) is 23.7 Å². The summed E-state index contributed by atoms with van der Waals surface area (Å²) in [6.45, 7) is 1.28. The molecule has 1 aromatic heterocycles. The molecule has 184 valence electrons. The fourth-order valence-corrected chi connectivity index (χ4v) is 5.69. The van der Waals surface area contributed by atoms with E-state index in [0.29, 0.717) is 39.0 Å². The number of carbonyl (C=O) groups excluding carboxylic acids is 2. The molecule has 1 spiro atoms. The van der Waals surface area contributed by atoms with Crippen molar-refractivity contribution in [1.82, 2.24) is 4.90 Å². The third kappa shape index (κ3) is 5.31. The van der Waals surface area contributed by atoms with Gasteiger partial charge in [0.15, 0.2) is 5.13 Å². The second-order valence-corrected chi connectivity index (χ2v) is 9.50. The molecule has 34 heavy (non-hydrogen) atoms. The predicted octanol–water partition coefficient (Wildman–Crippen LogP) is 4.38. The molecule has 5 nitrogen and oxygen atoms in total. The van der Waals surface area contributed by atoms with Gasteiger partial charge in [-0.05, 0) is 48.9 Å². The first-order valence-electron chi connectivity index (χ1n) is 10.8. The first kappa shape index (κ1) is 24.7. The van der Waals surface area contributed by atoms with Crippen molar-refractivity contribution in [2.45, 2.75) is 37.5 Å². The number of alkyl halides is 3. The Morgan fingerprint density at radius 2 is 1.88 bits per heavy atom. The molecule has 0 radical (unpaired) electrons. The summed E-state index contributed by atoms with van der Waals surface area (Å²) < 4.78 is 76.0. The molecule has 1 atom stereocenters. The van der Waals surface area contributed by atoms with Crippen molar-refractivity contribution in [2.24, 2.45) is 5.92 Å². The number of thiophene rings is 1. The smallest absolute Gasteiger partial charge is 0.386 e. The minimum absolute atomic E-state index is 0.0277. The second kappa shape index (κ2) is 9.71. The van der Waals surface area contributed by atoms with Crippen molar-refractivity contribution in [3.8, 4) is 0 Å². The Bertz CT molecular complexity index is 1060. The first-order valence-corrected chi connectivity index (χ1v) is 11.6. The van der Waals surface area contributed by atoms with Crippen molar-refractivity contribution < 1.29 is 41.0 Å². The molecule has 0 N–H and O–H groups in total. The van der Waals surface area contributed by atoms with Crippen LogP contribution in [0, 0.1) is 16.9 Å². The van der Waals surface area contributed by atoms with E-state index in [2.05, 4.69) is 4.74 Å². The van der Waals surface area contributed by atoms with Gasteiger partial charge in [0, 0.05) is 24.5 Å². The minimum Gasteiger partial charge on any atom is -0.386 e. The highest BCUT2D eigenvalue weighted by Crippen LogP contribution is 2.45. The Balaban J connectivity index is 1.47. The maximum atomic E-state index is 14.2. The Labute approximate surface area is 196 Å². The van der Waals surface area contributed by atoms with Gasteiger partial charge in [0.1, 0.15) is 11.4 Å². The van der Waals surface area contributed by atoms with Crippen LogP contribution in [0.3, 0.4) is 0 Å². The van der Waals surface area contributed by atoms with Gasteiger partial charge in [-0.3, -0.25) is 4.79 Å². The van der Waals surface area contributed by atoms with E-state index in [1.807, 2.05) is 4.90 Å². The van der Waals surface area contributed by atoms with Gasteiger partial charge in [-0.1, -0.05) is 18.2 Å². The fourth-order valence-electron chi connectivity index (χ4n) is 4.55. The van der Waals surface area contributed by atoms with Crippen LogP contribution in [0.5, 0.6) is 0 Å². The summed E-state index contributed by atoms with van der Waals surface area (Å²) in [4.78, 5) is 26.4. The Kier molecular flexibility index (Phi) is 7.07. The Hall–Kier alpha value is -2.37. The fraction of sp³-hybridized carbons (Fsp3) is 0.478. The van der Waals surface area contributed by atoms with Crippen molar-refractivity contribution in [2.75, 3.05) is 26.2 Å². The van der Waals surface area contributed by atoms with E-state index < -0.39 is 35.5 Å². The second-order valence-electron chi connectivity index (χ2n) is 8.50. The standard InChI is InChI=1S/C23H22F5NO4S/c24-17-4-2-1-3-14(17)11-16(20(30)33-21(31)23(26,27)28)13-29-8-6-22(7-9-29)19-15(5-10-32-22)12-18(25)34-19/h1-4,12,16H,5-11,13H2. The van der Waals surface area contributed by atoms with Crippen LogP contribution in [0.1, 0.15) is 28.8 Å². The van der Waals surface area contributed by atoms with E-state index in [1.165, 1.54) is 24.3 Å². The molecule has 0 amide bonds. The SMILES string of the molecule is O=C(OC(=O)C(F)(F)F)C(Cc1ccccc1F)CN1CCC2(CC1)OCCc1cc(F)sc12. The summed E-state index contributed by atoms with van der Waals surface area (Å²) in [5.74, 6) is -5.76. The van der Waals surface area contributed by atoms with Crippen molar-refractivity contribution in [3.63, 3.8) is 0 Å². The third-order valence-electron chi connectivity index (χ3n) is 6.27. The highest BCUT2D eigenvalue weighted by atomic mass is 32.1. The largest absolute Gasteiger partial charge is 0.491 e. The zero-order valence-corrected chi connectivity index (χ0v) is 18.8. The number of ether oxygens (including phenoxy) is 2. The first-order chi connectivity index (χ1) is 16.1. The number of piperidine rings is 1. The number of hydrogen-bond acceptors (Lipinski definition) is 6. The number of nitrogens with zero attached hydrogens (tertiary/aromatic N) is 1. The molecular weight excluding hydrogens is 481 g/mol. The van der Waals surface area contributed by atoms with E-state index in [0.717, 1.165) is 21.8 Å². The predicted molar refractivity (Wildman–Crippen MR) is 112 cm³/mol. The van der Waals surface area contributed by atoms with Crippen LogP contribution < -0.4 is 0 Å². The van der Waals surface area contributed by atoms with Crippen molar-refractivity contribution in [1.29, 1.82) is 0 Å². The average Bonchev–Trinajstić information content (AvgIpc) is 3.17. The van der Waals surface area contributed by atoms with E-state index in [4.69, 9.17) is 4.74 Å². The molecule has 1 fully saturated rings. The molecule has 0 aliphatic carbocycles. The summed E-state index contributed by atoms with van der Waals surface area (Å²) in [7, 11) is 0. The summed E-state index contributed by atoms with van der Waals surface area (Å²) >= 11 is 1.06. The molecule has 2 aliphatic heterocycles. The number of hydrogen-bond donors (Lipinski definition) is 0. The lowest BCUT2D eigenvalue weighted by molar-refractivity contribution is -0.203. The van der Waals surface area contributed by atoms with Gasteiger partial charge in [0.2, 0.25) is 0 Å². The quantitative estimate of drug-likeness (QED) is 0.345. The number of carbonyl (C=O) groups is 2. The molecule has 1 unspecified atom stereocenters. The monoisotopic (exact) mass is 503 g/mol. The van der Waals surface area contributed by atoms with Gasteiger partial charge in [-0.25, -0.2) is 9.18 Å². The number of esters is 2. The van der Waals surface area contributed by atoms with Crippen LogP contribution in [0.25, 0.3) is 0 Å². The zero-order valence-electron chi connectivity index (χ0n) is 18.0. The van der Waals surface area contributed by atoms with Crippen LogP contribution >= 0.6 is 11.3 Å². The molecule has 1 aromatic carbocycles. The summed E-state index contributed by atoms with van der Waals surface area (Å²) in [6.07, 6.45) is -3.91. The van der Waals surface area contributed by atoms with Gasteiger partial charge in [-0.15, -0.1) is 11.3 Å². The molecule has 2 aliphatic rings. The number of halogens is 5. The minimum atomic E-state index is -5.32. The Morgan fingerprint density at radius 1 is 1.18 bits per heavy atom. The van der Waals surface area contributed by atoms with Crippen LogP contribution in [0.2, 0.25) is 0 Å². The van der Waals surface area contributed by atoms with Crippen molar-refractivity contribution in [3.05, 3.63) is 57.3 Å². The van der Waals surface area contributed by atoms with Crippen LogP contribution in [0.15, 0.2) is 30.3 Å². The van der Waals surface area contributed by atoms with Gasteiger partial charge < -0.3 is 14.4 Å². The lowest BCUT2D eigenvalue weighted by Crippen LogP contribution is -2.48. The van der Waals surface area contributed by atoms with E-state index in [1.54, 1.807) is 6.07 Å². The number of benzene rings is 1. The molecular formula is C23H22F5NO4S. The van der Waals surface area contributed by atoms with Gasteiger partial charge in [0.05, 0.1) is 12.5 Å². The Morgan fingerprint density at radius 3 is 2.56 bits per heavy atom. The molecule has 4 rings (SSSR count).